The van der Waals surface area contributed by atoms with E-state index in [0.717, 1.165) is 43.5 Å². The molecule has 0 radical (unpaired) electrons. The number of nitrogens with zero attached hydrogens (tertiary/aromatic N) is 3. The molecule has 1 aromatic carbocycles. The molecule has 1 N–H and O–H groups in total. The van der Waals surface area contributed by atoms with Gasteiger partial charge in [-0.05, 0) is 46.5 Å². The highest BCUT2D eigenvalue weighted by atomic mass is 16.2. The lowest BCUT2D eigenvalue weighted by Gasteiger charge is -2.46. The van der Waals surface area contributed by atoms with Crippen molar-refractivity contribution in [1.29, 1.82) is 0 Å². The van der Waals surface area contributed by atoms with Crippen LogP contribution in [0.3, 0.4) is 0 Å². The Morgan fingerprint density at radius 3 is 2.50 bits per heavy atom. The minimum atomic E-state index is -0.697. The first-order chi connectivity index (χ1) is 13.5. The molecule has 2 fully saturated rings. The number of amides is 2. The molecule has 1 aromatic heterocycles. The van der Waals surface area contributed by atoms with Crippen molar-refractivity contribution in [1.82, 2.24) is 20.0 Å². The first-order valence-electron chi connectivity index (χ1n) is 10.2. The van der Waals surface area contributed by atoms with Crippen LogP contribution in [0.25, 0.3) is 11.3 Å². The van der Waals surface area contributed by atoms with Crippen LogP contribution in [0.5, 0.6) is 0 Å². The molecule has 28 heavy (non-hydrogen) atoms. The third kappa shape index (κ3) is 2.82. The predicted molar refractivity (Wildman–Crippen MR) is 108 cm³/mol. The van der Waals surface area contributed by atoms with E-state index in [1.54, 1.807) is 0 Å². The molecule has 1 spiro atoms. The Bertz CT molecular complexity index is 889. The second-order valence-electron chi connectivity index (χ2n) is 8.23. The highest BCUT2D eigenvalue weighted by Gasteiger charge is 2.53. The van der Waals surface area contributed by atoms with Crippen LogP contribution in [0, 0.1) is 6.92 Å². The number of aromatic nitrogens is 2. The highest BCUT2D eigenvalue weighted by molar-refractivity contribution is 6.04. The summed E-state index contributed by atoms with van der Waals surface area (Å²) in [5.41, 5.74) is 2.20. The van der Waals surface area contributed by atoms with E-state index in [4.69, 9.17) is 0 Å². The van der Waals surface area contributed by atoms with E-state index < -0.39 is 5.54 Å². The van der Waals surface area contributed by atoms with Crippen molar-refractivity contribution in [2.45, 2.75) is 58.0 Å². The first kappa shape index (κ1) is 18.7. The van der Waals surface area contributed by atoms with Crippen LogP contribution in [0.1, 0.15) is 55.6 Å². The van der Waals surface area contributed by atoms with Gasteiger partial charge in [0.15, 0.2) is 0 Å². The molecule has 3 heterocycles. The SMILES string of the molecule is Cc1[nH]nc(-c2ccccc2)c1C(=O)N1CCCC12CCCN(C(C)C)C2=O. The van der Waals surface area contributed by atoms with Gasteiger partial charge in [0.1, 0.15) is 11.2 Å². The molecule has 148 valence electrons. The Balaban J connectivity index is 1.73. The molecular formula is C22H28N4O2. The van der Waals surface area contributed by atoms with Gasteiger partial charge in [0.2, 0.25) is 5.91 Å². The average molecular weight is 380 g/mol. The molecule has 0 bridgehead atoms. The second-order valence-corrected chi connectivity index (χ2v) is 8.23. The second kappa shape index (κ2) is 7.08. The lowest BCUT2D eigenvalue weighted by atomic mass is 9.84. The van der Waals surface area contributed by atoms with Crippen molar-refractivity contribution in [3.63, 3.8) is 0 Å². The van der Waals surface area contributed by atoms with Crippen LogP contribution >= 0.6 is 0 Å². The Kier molecular flexibility index (Phi) is 4.73. The number of hydrogen-bond donors (Lipinski definition) is 1. The number of hydrogen-bond acceptors (Lipinski definition) is 3. The van der Waals surface area contributed by atoms with Gasteiger partial charge in [0.05, 0.1) is 5.56 Å². The van der Waals surface area contributed by atoms with Crippen LogP contribution in [0.15, 0.2) is 30.3 Å². The summed E-state index contributed by atoms with van der Waals surface area (Å²) >= 11 is 0. The van der Waals surface area contributed by atoms with Crippen molar-refractivity contribution in [3.8, 4) is 11.3 Å². The summed E-state index contributed by atoms with van der Waals surface area (Å²) in [4.78, 5) is 30.9. The van der Waals surface area contributed by atoms with E-state index in [2.05, 4.69) is 10.2 Å². The van der Waals surface area contributed by atoms with Gasteiger partial charge in [-0.15, -0.1) is 0 Å². The Morgan fingerprint density at radius 2 is 1.82 bits per heavy atom. The summed E-state index contributed by atoms with van der Waals surface area (Å²) in [7, 11) is 0. The van der Waals surface area contributed by atoms with E-state index in [0.29, 0.717) is 17.8 Å². The molecule has 2 aliphatic heterocycles. The first-order valence-corrected chi connectivity index (χ1v) is 10.2. The summed E-state index contributed by atoms with van der Waals surface area (Å²) < 4.78 is 0. The van der Waals surface area contributed by atoms with Crippen LogP contribution in [-0.4, -0.2) is 56.5 Å². The van der Waals surface area contributed by atoms with Crippen LogP contribution in [-0.2, 0) is 4.79 Å². The van der Waals surface area contributed by atoms with Crippen molar-refractivity contribution in [2.24, 2.45) is 0 Å². The minimum absolute atomic E-state index is 0.0819. The number of aryl methyl sites for hydroxylation is 1. The zero-order chi connectivity index (χ0) is 19.9. The number of piperidine rings is 1. The number of carbonyl (C=O) groups is 2. The minimum Gasteiger partial charge on any atom is -0.338 e. The lowest BCUT2D eigenvalue weighted by molar-refractivity contribution is -0.147. The molecule has 6 heteroatoms. The zero-order valence-corrected chi connectivity index (χ0v) is 16.9. The van der Waals surface area contributed by atoms with Gasteiger partial charge in [-0.2, -0.15) is 5.10 Å². The summed E-state index contributed by atoms with van der Waals surface area (Å²) in [6, 6.07) is 9.89. The van der Waals surface area contributed by atoms with Crippen LogP contribution in [0.4, 0.5) is 0 Å². The van der Waals surface area contributed by atoms with Gasteiger partial charge < -0.3 is 9.80 Å². The van der Waals surface area contributed by atoms with Crippen molar-refractivity contribution >= 4 is 11.8 Å². The number of carbonyl (C=O) groups excluding carboxylic acids is 2. The zero-order valence-electron chi connectivity index (χ0n) is 16.9. The maximum atomic E-state index is 13.7. The van der Waals surface area contributed by atoms with Gasteiger partial charge in [0, 0.05) is 30.4 Å². The summed E-state index contributed by atoms with van der Waals surface area (Å²) in [5, 5.41) is 7.38. The Labute approximate surface area is 165 Å². The smallest absolute Gasteiger partial charge is 0.258 e. The lowest BCUT2D eigenvalue weighted by Crippen LogP contribution is -2.62. The monoisotopic (exact) mass is 380 g/mol. The van der Waals surface area contributed by atoms with Crippen LogP contribution in [0.2, 0.25) is 0 Å². The maximum Gasteiger partial charge on any atom is 0.258 e. The van der Waals surface area contributed by atoms with Gasteiger partial charge in [-0.25, -0.2) is 0 Å². The fourth-order valence-electron chi connectivity index (χ4n) is 4.80. The number of aromatic amines is 1. The number of benzene rings is 1. The third-order valence-electron chi connectivity index (χ3n) is 6.21. The molecule has 1 atom stereocenters. The molecule has 2 aliphatic rings. The number of rotatable bonds is 3. The largest absolute Gasteiger partial charge is 0.338 e. The molecule has 2 amide bonds. The van der Waals surface area contributed by atoms with Gasteiger partial charge in [-0.3, -0.25) is 14.7 Å². The Hall–Kier alpha value is -2.63. The van der Waals surface area contributed by atoms with Crippen LogP contribution < -0.4 is 0 Å². The van der Waals surface area contributed by atoms with E-state index in [1.807, 2.05) is 60.9 Å². The van der Waals surface area contributed by atoms with Gasteiger partial charge in [0.25, 0.3) is 5.91 Å². The summed E-state index contributed by atoms with van der Waals surface area (Å²) in [5.74, 6) is 0.0311. The Morgan fingerprint density at radius 1 is 1.14 bits per heavy atom. The quantitative estimate of drug-likeness (QED) is 0.887. The predicted octanol–water partition coefficient (Wildman–Crippen LogP) is 3.39. The standard InChI is InChI=1S/C22H28N4O2/c1-15(2)25-13-7-11-22(21(25)28)12-8-14-26(22)20(27)18-16(3)23-24-19(18)17-9-5-4-6-10-17/h4-6,9-10,15H,7-8,11-14H2,1-3H3,(H,23,24). The van der Waals surface area contributed by atoms with Crippen molar-refractivity contribution < 1.29 is 9.59 Å². The van der Waals surface area contributed by atoms with E-state index >= 15 is 0 Å². The number of likely N-dealkylation sites (tertiary alicyclic amines) is 2. The fourth-order valence-corrected chi connectivity index (χ4v) is 4.80. The molecular weight excluding hydrogens is 352 g/mol. The van der Waals surface area contributed by atoms with E-state index in [9.17, 15) is 9.59 Å². The van der Waals surface area contributed by atoms with Crippen molar-refractivity contribution in [2.75, 3.05) is 13.1 Å². The van der Waals surface area contributed by atoms with E-state index in [-0.39, 0.29) is 17.9 Å². The van der Waals surface area contributed by atoms with Crippen molar-refractivity contribution in [3.05, 3.63) is 41.6 Å². The molecule has 6 nitrogen and oxygen atoms in total. The fraction of sp³-hybridized carbons (Fsp3) is 0.500. The molecule has 0 aliphatic carbocycles. The summed E-state index contributed by atoms with van der Waals surface area (Å²) in [6.07, 6.45) is 3.29. The summed E-state index contributed by atoms with van der Waals surface area (Å²) in [6.45, 7) is 7.37. The molecule has 0 saturated carbocycles. The van der Waals surface area contributed by atoms with E-state index in [1.165, 1.54) is 0 Å². The third-order valence-corrected chi connectivity index (χ3v) is 6.21. The molecule has 2 aromatic rings. The van der Waals surface area contributed by atoms with Gasteiger partial charge in [-0.1, -0.05) is 30.3 Å². The molecule has 4 rings (SSSR count). The molecule has 1 unspecified atom stereocenters. The number of nitrogens with one attached hydrogen (secondary N) is 1. The number of H-pyrrole nitrogens is 1. The van der Waals surface area contributed by atoms with Gasteiger partial charge >= 0.3 is 0 Å². The highest BCUT2D eigenvalue weighted by Crippen LogP contribution is 2.40. The average Bonchev–Trinajstić information content (AvgIpc) is 3.28. The normalized spacial score (nSPS) is 22.5. The topological polar surface area (TPSA) is 69.3 Å². The molecule has 2 saturated heterocycles. The maximum absolute atomic E-state index is 13.7.